The third kappa shape index (κ3) is 2.28. The van der Waals surface area contributed by atoms with E-state index in [-0.39, 0.29) is 10.5 Å². The van der Waals surface area contributed by atoms with Crippen LogP contribution < -0.4 is 0 Å². The van der Waals surface area contributed by atoms with Gasteiger partial charge < -0.3 is 0 Å². The van der Waals surface area contributed by atoms with Gasteiger partial charge in [0.05, 0.1) is 4.75 Å². The van der Waals surface area contributed by atoms with Gasteiger partial charge in [0.25, 0.3) is 0 Å². The first-order valence-corrected chi connectivity index (χ1v) is 6.84. The summed E-state index contributed by atoms with van der Waals surface area (Å²) in [4.78, 5) is 12.2. The van der Waals surface area contributed by atoms with Gasteiger partial charge in [0.1, 0.15) is 0 Å². The maximum absolute atomic E-state index is 12.2. The molecule has 1 unspecified atom stereocenters. The van der Waals surface area contributed by atoms with Crippen LogP contribution in [-0.4, -0.2) is 16.3 Å². The molecule has 15 heavy (non-hydrogen) atoms. The van der Waals surface area contributed by atoms with E-state index in [1.165, 1.54) is 0 Å². The predicted molar refractivity (Wildman–Crippen MR) is 68.6 cm³/mol. The maximum Gasteiger partial charge on any atom is 0.178 e. The lowest BCUT2D eigenvalue weighted by atomic mass is 9.95. The average Bonchev–Trinajstić information content (AvgIpc) is 2.67. The number of hydrogen-bond acceptors (Lipinski definition) is 2. The molecule has 3 heteroatoms. The van der Waals surface area contributed by atoms with Gasteiger partial charge in [0.2, 0.25) is 0 Å². The molecule has 2 rings (SSSR count). The number of Topliss-reactive ketones (excluding diaryl/α,β-unsaturated/α-hetero) is 1. The van der Waals surface area contributed by atoms with Crippen LogP contribution in [0.25, 0.3) is 0 Å². The zero-order valence-corrected chi connectivity index (χ0v) is 11.0. The number of carbonyl (C=O) groups is 1. The van der Waals surface area contributed by atoms with Crippen LogP contribution in [-0.2, 0) is 0 Å². The van der Waals surface area contributed by atoms with Crippen LogP contribution in [0.4, 0.5) is 0 Å². The molecule has 1 aliphatic rings. The van der Waals surface area contributed by atoms with Crippen LogP contribution in [0.1, 0.15) is 30.1 Å². The van der Waals surface area contributed by atoms with Gasteiger partial charge in [-0.05, 0) is 37.7 Å². The van der Waals surface area contributed by atoms with E-state index in [1.807, 2.05) is 24.3 Å². The van der Waals surface area contributed by atoms with Crippen molar-refractivity contribution in [1.29, 1.82) is 0 Å². The van der Waals surface area contributed by atoms with Crippen LogP contribution in [0.2, 0.25) is 0 Å². The molecular weight excluding hydrogens is 272 g/mol. The fourth-order valence-corrected chi connectivity index (χ4v) is 3.41. The Morgan fingerprint density at radius 2 is 2.07 bits per heavy atom. The van der Waals surface area contributed by atoms with Crippen molar-refractivity contribution in [3.63, 3.8) is 0 Å². The molecule has 1 aromatic rings. The highest BCUT2D eigenvalue weighted by Gasteiger charge is 2.37. The number of thioether (sulfide) groups is 1. The van der Waals surface area contributed by atoms with E-state index < -0.39 is 0 Å². The average molecular weight is 285 g/mol. The molecule has 1 aromatic carbocycles. The molecule has 1 aliphatic heterocycles. The second-order valence-corrected chi connectivity index (χ2v) is 6.53. The summed E-state index contributed by atoms with van der Waals surface area (Å²) in [6.45, 7) is 2.06. The second-order valence-electron chi connectivity index (χ2n) is 4.02. The zero-order valence-electron chi connectivity index (χ0n) is 8.63. The molecule has 1 nitrogen and oxygen atoms in total. The number of hydrogen-bond donors (Lipinski definition) is 0. The lowest BCUT2D eigenvalue weighted by Crippen LogP contribution is -2.28. The van der Waals surface area contributed by atoms with Crippen molar-refractivity contribution < 1.29 is 4.79 Å². The Hall–Kier alpha value is -0.280. The molecule has 0 saturated carbocycles. The third-order valence-corrected chi connectivity index (χ3v) is 4.85. The summed E-state index contributed by atoms with van der Waals surface area (Å²) in [7, 11) is 0. The summed E-state index contributed by atoms with van der Waals surface area (Å²) < 4.78 is 0.830. The highest BCUT2D eigenvalue weighted by molar-refractivity contribution is 9.10. The van der Waals surface area contributed by atoms with E-state index >= 15 is 0 Å². The molecule has 80 valence electrons. The lowest BCUT2D eigenvalue weighted by molar-refractivity contribution is 0.0949. The highest BCUT2D eigenvalue weighted by atomic mass is 79.9. The van der Waals surface area contributed by atoms with E-state index in [2.05, 4.69) is 22.9 Å². The van der Waals surface area contributed by atoms with Crippen molar-refractivity contribution in [2.75, 3.05) is 5.75 Å². The molecule has 1 atom stereocenters. The molecule has 1 saturated heterocycles. The Kier molecular flexibility index (Phi) is 3.21. The molecule has 0 bridgehead atoms. The zero-order chi connectivity index (χ0) is 10.9. The summed E-state index contributed by atoms with van der Waals surface area (Å²) in [5, 5.41) is 0. The standard InChI is InChI=1S/C12H13BrOS/c1-12(7-2-8-15-12)11(14)9-3-5-10(13)6-4-9/h3-6H,2,7-8H2,1H3. The molecule has 1 heterocycles. The molecule has 0 amide bonds. The van der Waals surface area contributed by atoms with Gasteiger partial charge in [-0.2, -0.15) is 0 Å². The van der Waals surface area contributed by atoms with Gasteiger partial charge in [-0.3, -0.25) is 4.79 Å². The van der Waals surface area contributed by atoms with Crippen molar-refractivity contribution in [2.45, 2.75) is 24.5 Å². The monoisotopic (exact) mass is 284 g/mol. The normalized spacial score (nSPS) is 25.5. The van der Waals surface area contributed by atoms with Gasteiger partial charge in [-0.25, -0.2) is 0 Å². The SMILES string of the molecule is CC1(C(=O)c2ccc(Br)cc2)CCCS1. The van der Waals surface area contributed by atoms with Gasteiger partial charge in [0.15, 0.2) is 5.78 Å². The first-order chi connectivity index (χ1) is 7.12. The first-order valence-electron chi connectivity index (χ1n) is 5.06. The largest absolute Gasteiger partial charge is 0.293 e. The van der Waals surface area contributed by atoms with E-state index in [4.69, 9.17) is 0 Å². The minimum Gasteiger partial charge on any atom is -0.293 e. The van der Waals surface area contributed by atoms with Crippen LogP contribution in [0, 0.1) is 0 Å². The quantitative estimate of drug-likeness (QED) is 0.766. The molecule has 0 aromatic heterocycles. The maximum atomic E-state index is 12.2. The van der Waals surface area contributed by atoms with Crippen molar-refractivity contribution in [2.24, 2.45) is 0 Å². The Morgan fingerprint density at radius 3 is 2.60 bits per heavy atom. The van der Waals surface area contributed by atoms with Crippen molar-refractivity contribution in [3.8, 4) is 0 Å². The van der Waals surface area contributed by atoms with Crippen LogP contribution in [0.3, 0.4) is 0 Å². The van der Waals surface area contributed by atoms with Crippen molar-refractivity contribution >= 4 is 33.5 Å². The highest BCUT2D eigenvalue weighted by Crippen LogP contribution is 2.40. The number of carbonyl (C=O) groups excluding carboxylic acids is 1. The van der Waals surface area contributed by atoms with Crippen LogP contribution in [0.5, 0.6) is 0 Å². The van der Waals surface area contributed by atoms with E-state index in [9.17, 15) is 4.79 Å². The lowest BCUT2D eigenvalue weighted by Gasteiger charge is -2.20. The molecule has 1 fully saturated rings. The smallest absolute Gasteiger partial charge is 0.178 e. The first kappa shape index (κ1) is 11.2. The topological polar surface area (TPSA) is 17.1 Å². The number of rotatable bonds is 2. The summed E-state index contributed by atoms with van der Waals surface area (Å²) in [6.07, 6.45) is 2.16. The van der Waals surface area contributed by atoms with E-state index in [1.54, 1.807) is 11.8 Å². The van der Waals surface area contributed by atoms with Crippen molar-refractivity contribution in [1.82, 2.24) is 0 Å². The van der Waals surface area contributed by atoms with Gasteiger partial charge in [-0.1, -0.05) is 28.1 Å². The summed E-state index contributed by atoms with van der Waals surface area (Å²) in [6, 6.07) is 7.65. The summed E-state index contributed by atoms with van der Waals surface area (Å²) in [5.74, 6) is 1.39. The second kappa shape index (κ2) is 4.30. The van der Waals surface area contributed by atoms with E-state index in [0.717, 1.165) is 28.6 Å². The fraction of sp³-hybridized carbons (Fsp3) is 0.417. The van der Waals surface area contributed by atoms with Crippen molar-refractivity contribution in [3.05, 3.63) is 34.3 Å². The molecule has 0 aliphatic carbocycles. The Morgan fingerprint density at radius 1 is 1.40 bits per heavy atom. The number of ketones is 1. The minimum absolute atomic E-state index is 0.187. The predicted octanol–water partition coefficient (Wildman–Crippen LogP) is 3.92. The molecule has 0 N–H and O–H groups in total. The van der Waals surface area contributed by atoms with E-state index in [0.29, 0.717) is 0 Å². The van der Waals surface area contributed by atoms with Gasteiger partial charge >= 0.3 is 0 Å². The van der Waals surface area contributed by atoms with Crippen LogP contribution >= 0.6 is 27.7 Å². The van der Waals surface area contributed by atoms with Crippen LogP contribution in [0.15, 0.2) is 28.7 Å². The summed E-state index contributed by atoms with van der Waals surface area (Å²) >= 11 is 5.17. The third-order valence-electron chi connectivity index (χ3n) is 2.81. The minimum atomic E-state index is -0.187. The summed E-state index contributed by atoms with van der Waals surface area (Å²) in [5.41, 5.74) is 0.829. The number of benzene rings is 1. The fourth-order valence-electron chi connectivity index (χ4n) is 1.86. The molecular formula is C12H13BrOS. The molecule has 0 spiro atoms. The Bertz CT molecular complexity index is 366. The van der Waals surface area contributed by atoms with Gasteiger partial charge in [0, 0.05) is 10.0 Å². The Balaban J connectivity index is 2.24. The number of halogens is 1. The van der Waals surface area contributed by atoms with Gasteiger partial charge in [-0.15, -0.1) is 11.8 Å². The molecule has 0 radical (unpaired) electrons. The Labute approximate surface area is 103 Å².